The quantitative estimate of drug-likeness (QED) is 0.862. The van der Waals surface area contributed by atoms with Crippen LogP contribution < -0.4 is 0 Å². The van der Waals surface area contributed by atoms with E-state index < -0.39 is 11.9 Å². The summed E-state index contributed by atoms with van der Waals surface area (Å²) in [7, 11) is 0. The van der Waals surface area contributed by atoms with Gasteiger partial charge in [-0.05, 0) is 17.5 Å². The van der Waals surface area contributed by atoms with Crippen LogP contribution in [-0.2, 0) is 27.4 Å². The average molecular weight is 354 g/mol. The second-order valence-corrected chi connectivity index (χ2v) is 7.46. The van der Waals surface area contributed by atoms with E-state index in [1.54, 1.807) is 0 Å². The molecule has 2 fully saturated rings. The Balaban J connectivity index is 1.50. The number of rotatable bonds is 6. The molecule has 1 aliphatic carbocycles. The van der Waals surface area contributed by atoms with Gasteiger partial charge in [-0.1, -0.05) is 67.6 Å². The molecule has 2 aliphatic rings. The summed E-state index contributed by atoms with van der Waals surface area (Å²) in [6.07, 6.45) is -0.114. The second kappa shape index (κ2) is 7.49. The first-order valence-electron chi connectivity index (χ1n) is 9.32. The smallest absolute Gasteiger partial charge is 0.160 e. The summed E-state index contributed by atoms with van der Waals surface area (Å²) in [5.74, 6) is 0.119. The maximum absolute atomic E-state index is 10.3. The van der Waals surface area contributed by atoms with Crippen molar-refractivity contribution in [3.05, 3.63) is 71.8 Å². The maximum Gasteiger partial charge on any atom is 0.160 e. The highest BCUT2D eigenvalue weighted by molar-refractivity contribution is 5.18. The van der Waals surface area contributed by atoms with Crippen LogP contribution in [0.4, 0.5) is 0 Å². The van der Waals surface area contributed by atoms with Gasteiger partial charge in [0, 0.05) is 11.8 Å². The Morgan fingerprint density at radius 2 is 1.62 bits per heavy atom. The van der Waals surface area contributed by atoms with Crippen LogP contribution in [0.2, 0.25) is 0 Å². The third-order valence-corrected chi connectivity index (χ3v) is 5.50. The molecule has 0 amide bonds. The molecule has 4 nitrogen and oxygen atoms in total. The minimum Gasteiger partial charge on any atom is -0.370 e. The highest BCUT2D eigenvalue weighted by atomic mass is 16.6. The number of ether oxygens (including phenoxy) is 3. The predicted molar refractivity (Wildman–Crippen MR) is 98.2 cm³/mol. The first kappa shape index (κ1) is 17.7. The van der Waals surface area contributed by atoms with E-state index in [1.165, 1.54) is 0 Å². The summed E-state index contributed by atoms with van der Waals surface area (Å²) in [5.41, 5.74) is 1.79. The molecule has 4 heteroatoms. The standard InChI is InChI=1S/C22H26O4/c1-16-13-25-21(23)19-12-22(19,26-15-18-10-6-3-7-11-18)20(16)24-14-17-8-4-2-5-9-17/h2-11,16,19-21,23H,12-15H2,1H3. The average Bonchev–Trinajstić information content (AvgIpc) is 3.42. The maximum atomic E-state index is 10.3. The lowest BCUT2D eigenvalue weighted by atomic mass is 9.97. The highest BCUT2D eigenvalue weighted by Gasteiger charge is 2.67. The third-order valence-electron chi connectivity index (χ3n) is 5.50. The van der Waals surface area contributed by atoms with Gasteiger partial charge in [-0.15, -0.1) is 0 Å². The van der Waals surface area contributed by atoms with E-state index >= 15 is 0 Å². The highest BCUT2D eigenvalue weighted by Crippen LogP contribution is 2.56. The minimum absolute atomic E-state index is 0.0306. The summed E-state index contributed by atoms with van der Waals surface area (Å²) < 4.78 is 18.4. The molecule has 1 heterocycles. The van der Waals surface area contributed by atoms with Gasteiger partial charge in [0.1, 0.15) is 5.60 Å². The van der Waals surface area contributed by atoms with Crippen LogP contribution in [-0.4, -0.2) is 29.7 Å². The van der Waals surface area contributed by atoms with Crippen LogP contribution in [0.15, 0.2) is 60.7 Å². The summed E-state index contributed by atoms with van der Waals surface area (Å²) in [5, 5.41) is 10.3. The normalized spacial score (nSPS) is 33.3. The molecule has 5 atom stereocenters. The molecule has 1 saturated carbocycles. The third kappa shape index (κ3) is 3.55. The van der Waals surface area contributed by atoms with E-state index in [-0.39, 0.29) is 17.9 Å². The summed E-state index contributed by atoms with van der Waals surface area (Å²) in [4.78, 5) is 0. The van der Waals surface area contributed by atoms with Crippen molar-refractivity contribution in [3.63, 3.8) is 0 Å². The van der Waals surface area contributed by atoms with Crippen molar-refractivity contribution in [1.29, 1.82) is 0 Å². The predicted octanol–water partition coefficient (Wildman–Crippen LogP) is 3.53. The molecule has 138 valence electrons. The SMILES string of the molecule is CC1COC(O)C2CC2(OCc2ccccc2)C1OCc1ccccc1. The Labute approximate surface area is 154 Å². The van der Waals surface area contributed by atoms with Crippen molar-refractivity contribution in [2.75, 3.05) is 6.61 Å². The molecule has 0 radical (unpaired) electrons. The number of fused-ring (bicyclic) bond motifs is 1. The van der Waals surface area contributed by atoms with Crippen LogP contribution in [0.3, 0.4) is 0 Å². The molecule has 4 rings (SSSR count). The molecule has 1 aliphatic heterocycles. The van der Waals surface area contributed by atoms with E-state index in [2.05, 4.69) is 31.2 Å². The molecular weight excluding hydrogens is 328 g/mol. The van der Waals surface area contributed by atoms with Crippen LogP contribution in [0, 0.1) is 11.8 Å². The lowest BCUT2D eigenvalue weighted by Gasteiger charge is -2.31. The Morgan fingerprint density at radius 3 is 2.27 bits per heavy atom. The first-order chi connectivity index (χ1) is 12.7. The zero-order valence-electron chi connectivity index (χ0n) is 15.1. The van der Waals surface area contributed by atoms with Crippen molar-refractivity contribution < 1.29 is 19.3 Å². The fourth-order valence-corrected chi connectivity index (χ4v) is 4.00. The monoisotopic (exact) mass is 354 g/mol. The summed E-state index contributed by atoms with van der Waals surface area (Å²) in [6, 6.07) is 20.3. The van der Waals surface area contributed by atoms with Crippen molar-refractivity contribution in [2.24, 2.45) is 11.8 Å². The van der Waals surface area contributed by atoms with Crippen LogP contribution >= 0.6 is 0 Å². The van der Waals surface area contributed by atoms with Crippen molar-refractivity contribution >= 4 is 0 Å². The Hall–Kier alpha value is -1.72. The minimum atomic E-state index is -0.779. The number of aliphatic hydroxyl groups is 1. The van der Waals surface area contributed by atoms with Gasteiger partial charge >= 0.3 is 0 Å². The molecule has 5 unspecified atom stereocenters. The van der Waals surface area contributed by atoms with Gasteiger partial charge in [0.2, 0.25) is 0 Å². The van der Waals surface area contributed by atoms with E-state index in [9.17, 15) is 5.11 Å². The molecule has 0 spiro atoms. The fourth-order valence-electron chi connectivity index (χ4n) is 4.00. The van der Waals surface area contributed by atoms with Crippen LogP contribution in [0.1, 0.15) is 24.5 Å². The summed E-state index contributed by atoms with van der Waals surface area (Å²) in [6.45, 7) is 3.64. The first-order valence-corrected chi connectivity index (χ1v) is 9.32. The Kier molecular flexibility index (Phi) is 5.09. The molecule has 1 saturated heterocycles. The molecule has 2 aromatic rings. The van der Waals surface area contributed by atoms with E-state index in [1.807, 2.05) is 36.4 Å². The molecule has 26 heavy (non-hydrogen) atoms. The summed E-state index contributed by atoms with van der Waals surface area (Å²) >= 11 is 0. The van der Waals surface area contributed by atoms with Gasteiger partial charge in [0.25, 0.3) is 0 Å². The molecule has 0 aromatic heterocycles. The van der Waals surface area contributed by atoms with Gasteiger partial charge in [0.15, 0.2) is 6.29 Å². The molecule has 1 N–H and O–H groups in total. The van der Waals surface area contributed by atoms with Gasteiger partial charge in [-0.25, -0.2) is 0 Å². The molecule has 2 aromatic carbocycles. The van der Waals surface area contributed by atoms with Gasteiger partial charge < -0.3 is 19.3 Å². The molecular formula is C22H26O4. The van der Waals surface area contributed by atoms with Gasteiger partial charge in [-0.2, -0.15) is 0 Å². The largest absolute Gasteiger partial charge is 0.370 e. The van der Waals surface area contributed by atoms with Crippen molar-refractivity contribution in [2.45, 2.75) is 44.6 Å². The van der Waals surface area contributed by atoms with Crippen LogP contribution in [0.5, 0.6) is 0 Å². The Morgan fingerprint density at radius 1 is 1.00 bits per heavy atom. The number of aliphatic hydroxyl groups excluding tert-OH is 1. The Bertz CT molecular complexity index is 705. The van der Waals surface area contributed by atoms with Gasteiger partial charge in [0.05, 0.1) is 25.9 Å². The lowest BCUT2D eigenvalue weighted by molar-refractivity contribution is -0.132. The molecule has 0 bridgehead atoms. The number of hydrogen-bond donors (Lipinski definition) is 1. The second-order valence-electron chi connectivity index (χ2n) is 7.46. The van der Waals surface area contributed by atoms with E-state index in [0.717, 1.165) is 17.5 Å². The topological polar surface area (TPSA) is 47.9 Å². The van der Waals surface area contributed by atoms with Crippen molar-refractivity contribution in [1.82, 2.24) is 0 Å². The van der Waals surface area contributed by atoms with E-state index in [4.69, 9.17) is 14.2 Å². The van der Waals surface area contributed by atoms with E-state index in [0.29, 0.717) is 19.8 Å². The zero-order valence-corrected chi connectivity index (χ0v) is 15.1. The fraction of sp³-hybridized carbons (Fsp3) is 0.455. The zero-order chi connectivity index (χ0) is 18.0. The van der Waals surface area contributed by atoms with Crippen molar-refractivity contribution in [3.8, 4) is 0 Å². The lowest BCUT2D eigenvalue weighted by Crippen LogP contribution is -2.41. The number of hydrogen-bond acceptors (Lipinski definition) is 4. The van der Waals surface area contributed by atoms with Crippen LogP contribution in [0.25, 0.3) is 0 Å². The van der Waals surface area contributed by atoms with Gasteiger partial charge in [-0.3, -0.25) is 0 Å². The number of benzene rings is 2.